The van der Waals surface area contributed by atoms with E-state index in [9.17, 15) is 9.59 Å². The average Bonchev–Trinajstić information content (AvgIpc) is 3.11. The lowest BCUT2D eigenvalue weighted by Crippen LogP contribution is -2.26. The van der Waals surface area contributed by atoms with E-state index in [0.717, 1.165) is 36.8 Å². The molecule has 0 radical (unpaired) electrons. The molecule has 1 aliphatic rings. The number of aryl methyl sites for hydroxylation is 1. The SMILES string of the molecule is CCCC(C)(CC)C(=O)CCCc1c2c3oc1cc3C(=O)O2. The van der Waals surface area contributed by atoms with Crippen molar-refractivity contribution in [1.82, 2.24) is 0 Å². The van der Waals surface area contributed by atoms with Gasteiger partial charge in [0.05, 0.1) is 0 Å². The Balaban J connectivity index is 1.62. The molecule has 0 saturated carbocycles. The van der Waals surface area contributed by atoms with Crippen molar-refractivity contribution in [2.45, 2.75) is 59.3 Å². The van der Waals surface area contributed by atoms with Crippen molar-refractivity contribution >= 4 is 22.9 Å². The molecule has 0 aliphatic carbocycles. The van der Waals surface area contributed by atoms with Gasteiger partial charge in [-0.05, 0) is 31.7 Å². The molecule has 3 heterocycles. The smallest absolute Gasteiger partial charge is 0.347 e. The second kappa shape index (κ2) is 5.41. The number of carbonyl (C=O) groups is 2. The van der Waals surface area contributed by atoms with Crippen molar-refractivity contribution in [3.8, 4) is 5.75 Å². The van der Waals surface area contributed by atoms with Crippen molar-refractivity contribution < 1.29 is 18.7 Å². The Morgan fingerprint density at radius 3 is 2.77 bits per heavy atom. The molecule has 0 aromatic carbocycles. The number of esters is 1. The monoisotopic (exact) mass is 302 g/mol. The first kappa shape index (κ1) is 15.1. The van der Waals surface area contributed by atoms with Crippen LogP contribution < -0.4 is 4.74 Å². The molecule has 1 unspecified atom stereocenters. The number of fused-ring (bicyclic) bond motifs is 1. The summed E-state index contributed by atoms with van der Waals surface area (Å²) in [5.74, 6) is 0.591. The highest BCUT2D eigenvalue weighted by atomic mass is 16.6. The molecule has 0 N–H and O–H groups in total. The third-order valence-electron chi connectivity index (χ3n) is 5.01. The first-order valence-electron chi connectivity index (χ1n) is 8.13. The minimum absolute atomic E-state index is 0.202. The molecule has 0 amide bonds. The number of Topliss-reactive ketones (excluding diaryl/α,β-unsaturated/α-hetero) is 1. The standard InChI is InChI=1S/C18H22O4/c1-4-9-18(3,5-2)14(19)8-6-7-11-13-10-12-16(21-13)15(11)22-17(12)20/h10H,4-9H2,1-3H3. The molecule has 2 aromatic rings. The molecule has 118 valence electrons. The molecule has 3 rings (SSSR count). The average molecular weight is 302 g/mol. The predicted octanol–water partition coefficient (Wildman–Crippen LogP) is 4.51. The van der Waals surface area contributed by atoms with Gasteiger partial charge in [-0.1, -0.05) is 27.2 Å². The minimum atomic E-state index is -0.326. The first-order chi connectivity index (χ1) is 10.5. The summed E-state index contributed by atoms with van der Waals surface area (Å²) in [5, 5.41) is 0. The Morgan fingerprint density at radius 2 is 2.09 bits per heavy atom. The Labute approximate surface area is 130 Å². The zero-order valence-electron chi connectivity index (χ0n) is 13.5. The van der Waals surface area contributed by atoms with E-state index in [4.69, 9.17) is 9.15 Å². The van der Waals surface area contributed by atoms with Crippen LogP contribution in [-0.4, -0.2) is 11.8 Å². The molecule has 2 aromatic heterocycles. The number of carbonyl (C=O) groups excluding carboxylic acids is 2. The van der Waals surface area contributed by atoms with Gasteiger partial charge in [0.1, 0.15) is 16.9 Å². The lowest BCUT2D eigenvalue weighted by Gasteiger charge is -2.26. The van der Waals surface area contributed by atoms with E-state index in [0.29, 0.717) is 35.5 Å². The molecule has 4 nitrogen and oxygen atoms in total. The Hall–Kier alpha value is -1.84. The van der Waals surface area contributed by atoms with Gasteiger partial charge in [-0.15, -0.1) is 0 Å². The van der Waals surface area contributed by atoms with Gasteiger partial charge in [0.25, 0.3) is 0 Å². The number of furan rings is 2. The van der Waals surface area contributed by atoms with Crippen molar-refractivity contribution in [3.63, 3.8) is 0 Å². The maximum atomic E-state index is 12.5. The Morgan fingerprint density at radius 1 is 1.32 bits per heavy atom. The summed E-state index contributed by atoms with van der Waals surface area (Å²) in [6.45, 7) is 6.27. The second-order valence-electron chi connectivity index (χ2n) is 6.49. The van der Waals surface area contributed by atoms with Crippen molar-refractivity contribution in [1.29, 1.82) is 0 Å². The van der Waals surface area contributed by atoms with Crippen LogP contribution in [0.15, 0.2) is 10.5 Å². The normalized spacial score (nSPS) is 16.2. The summed E-state index contributed by atoms with van der Waals surface area (Å²) >= 11 is 0. The number of ketones is 1. The largest absolute Gasteiger partial charge is 0.452 e. The van der Waals surface area contributed by atoms with Crippen LogP contribution in [0.5, 0.6) is 5.75 Å². The highest BCUT2D eigenvalue weighted by Gasteiger charge is 2.34. The van der Waals surface area contributed by atoms with Gasteiger partial charge in [-0.3, -0.25) is 4.79 Å². The van der Waals surface area contributed by atoms with Crippen LogP contribution in [0.1, 0.15) is 68.8 Å². The highest BCUT2D eigenvalue weighted by molar-refractivity contribution is 6.09. The molecule has 4 heteroatoms. The minimum Gasteiger partial charge on any atom is -0.452 e. The van der Waals surface area contributed by atoms with E-state index in [1.54, 1.807) is 6.07 Å². The van der Waals surface area contributed by atoms with Gasteiger partial charge in [-0.25, -0.2) is 4.79 Å². The van der Waals surface area contributed by atoms with E-state index in [1.165, 1.54) is 0 Å². The fraction of sp³-hybridized carbons (Fsp3) is 0.556. The zero-order chi connectivity index (χ0) is 15.9. The molecular weight excluding hydrogens is 280 g/mol. The Kier molecular flexibility index (Phi) is 3.71. The lowest BCUT2D eigenvalue weighted by atomic mass is 9.77. The number of hydrogen-bond donors (Lipinski definition) is 0. The maximum absolute atomic E-state index is 12.5. The van der Waals surface area contributed by atoms with Crippen LogP contribution in [0.3, 0.4) is 0 Å². The van der Waals surface area contributed by atoms with E-state index < -0.39 is 0 Å². The van der Waals surface area contributed by atoms with Gasteiger partial charge < -0.3 is 9.15 Å². The van der Waals surface area contributed by atoms with Crippen LogP contribution in [0.25, 0.3) is 11.2 Å². The summed E-state index contributed by atoms with van der Waals surface area (Å²) < 4.78 is 10.8. The third kappa shape index (κ3) is 2.21. The molecule has 0 fully saturated rings. The number of rotatable bonds is 8. The zero-order valence-corrected chi connectivity index (χ0v) is 13.5. The van der Waals surface area contributed by atoms with Crippen LogP contribution in [0.2, 0.25) is 0 Å². The maximum Gasteiger partial charge on any atom is 0.347 e. The molecule has 0 spiro atoms. The number of hydrogen-bond acceptors (Lipinski definition) is 4. The summed E-state index contributed by atoms with van der Waals surface area (Å²) in [4.78, 5) is 24.0. The summed E-state index contributed by atoms with van der Waals surface area (Å²) in [7, 11) is 0. The van der Waals surface area contributed by atoms with Crippen molar-refractivity contribution in [3.05, 3.63) is 17.2 Å². The van der Waals surface area contributed by atoms with Crippen LogP contribution in [-0.2, 0) is 11.2 Å². The van der Waals surface area contributed by atoms with Gasteiger partial charge in [0, 0.05) is 17.4 Å². The summed E-state index contributed by atoms with van der Waals surface area (Å²) in [5.41, 5.74) is 2.57. The van der Waals surface area contributed by atoms with Gasteiger partial charge in [0.15, 0.2) is 11.3 Å². The molecule has 2 bridgehead atoms. The molecule has 22 heavy (non-hydrogen) atoms. The van der Waals surface area contributed by atoms with Gasteiger partial charge in [-0.2, -0.15) is 0 Å². The van der Waals surface area contributed by atoms with Crippen LogP contribution >= 0.6 is 0 Å². The molecule has 1 aliphatic heterocycles. The third-order valence-corrected chi connectivity index (χ3v) is 5.01. The number of ether oxygens (including phenoxy) is 1. The first-order valence-corrected chi connectivity index (χ1v) is 8.13. The quantitative estimate of drug-likeness (QED) is 0.673. The molecular formula is C18H22O4. The van der Waals surface area contributed by atoms with E-state index >= 15 is 0 Å². The summed E-state index contributed by atoms with van der Waals surface area (Å²) in [6.07, 6.45) is 4.89. The topological polar surface area (TPSA) is 56.5 Å². The molecule has 1 atom stereocenters. The predicted molar refractivity (Wildman–Crippen MR) is 83.6 cm³/mol. The van der Waals surface area contributed by atoms with Gasteiger partial charge in [0.2, 0.25) is 0 Å². The second-order valence-corrected chi connectivity index (χ2v) is 6.49. The number of benzene rings is 1. The highest BCUT2D eigenvalue weighted by Crippen LogP contribution is 2.44. The van der Waals surface area contributed by atoms with Gasteiger partial charge >= 0.3 is 5.97 Å². The fourth-order valence-electron chi connectivity index (χ4n) is 3.39. The fourth-order valence-corrected chi connectivity index (χ4v) is 3.39. The summed E-state index contributed by atoms with van der Waals surface area (Å²) in [6, 6.07) is 1.75. The van der Waals surface area contributed by atoms with E-state index in [2.05, 4.69) is 20.8 Å². The van der Waals surface area contributed by atoms with Crippen molar-refractivity contribution in [2.75, 3.05) is 0 Å². The lowest BCUT2D eigenvalue weighted by molar-refractivity contribution is -0.128. The van der Waals surface area contributed by atoms with E-state index in [-0.39, 0.29) is 11.4 Å². The molecule has 0 saturated heterocycles. The van der Waals surface area contributed by atoms with Crippen molar-refractivity contribution in [2.24, 2.45) is 5.41 Å². The van der Waals surface area contributed by atoms with E-state index in [1.807, 2.05) is 0 Å². The van der Waals surface area contributed by atoms with Crippen LogP contribution in [0.4, 0.5) is 0 Å². The van der Waals surface area contributed by atoms with Crippen LogP contribution in [0, 0.1) is 5.41 Å². The Bertz CT molecular complexity index is 712.